The highest BCUT2D eigenvalue weighted by Crippen LogP contribution is 2.39. The molecule has 3 rings (SSSR count). The van der Waals surface area contributed by atoms with Crippen LogP contribution in [0.4, 0.5) is 20.8 Å². The lowest BCUT2D eigenvalue weighted by Gasteiger charge is -2.42. The van der Waals surface area contributed by atoms with Gasteiger partial charge >= 0.3 is 12.1 Å². The van der Waals surface area contributed by atoms with Crippen molar-refractivity contribution in [3.63, 3.8) is 0 Å². The zero-order valence-electron chi connectivity index (χ0n) is 19.9. The van der Waals surface area contributed by atoms with Gasteiger partial charge in [-0.2, -0.15) is 5.10 Å². The van der Waals surface area contributed by atoms with Crippen LogP contribution in [0, 0.1) is 25.1 Å². The van der Waals surface area contributed by atoms with E-state index in [0.717, 1.165) is 5.69 Å². The molecule has 0 aliphatic carbocycles. The summed E-state index contributed by atoms with van der Waals surface area (Å²) in [6.07, 6.45) is -0.667. The predicted molar refractivity (Wildman–Crippen MR) is 121 cm³/mol. The number of carboxylic acids is 1. The van der Waals surface area contributed by atoms with Crippen molar-refractivity contribution in [2.24, 2.45) is 5.41 Å². The van der Waals surface area contributed by atoms with Crippen LogP contribution >= 0.6 is 0 Å². The van der Waals surface area contributed by atoms with Crippen LogP contribution in [-0.2, 0) is 16.8 Å². The summed E-state index contributed by atoms with van der Waals surface area (Å²) >= 11 is 0. The van der Waals surface area contributed by atoms with Crippen LogP contribution in [0.25, 0.3) is 0 Å². The van der Waals surface area contributed by atoms with E-state index in [0.29, 0.717) is 17.1 Å². The molecule has 0 saturated carbocycles. The standard InChI is InChI=1S/C23H32FN5O4/c1-13-9-16(12-23(20(30)31)7-8-28(21(32)33)15(3)11-23)25-19(18(13)24)26-17-10-14(2)29(27-17)22(4,5)6/h9-10,15H,7-8,11-12H2,1-6H3,(H,30,31)(H,32,33)(H,25,26,27)/t15-,23?/m1/s1. The first-order valence-corrected chi connectivity index (χ1v) is 11.0. The van der Waals surface area contributed by atoms with E-state index in [9.17, 15) is 24.2 Å². The van der Waals surface area contributed by atoms with Gasteiger partial charge in [-0.3, -0.25) is 9.48 Å². The summed E-state index contributed by atoms with van der Waals surface area (Å²) in [5.41, 5.74) is 0.253. The van der Waals surface area contributed by atoms with Crippen LogP contribution in [0.2, 0.25) is 0 Å². The third-order valence-corrected chi connectivity index (χ3v) is 6.23. The zero-order valence-corrected chi connectivity index (χ0v) is 19.9. The number of nitrogens with one attached hydrogen (secondary N) is 1. The molecule has 2 atom stereocenters. The highest BCUT2D eigenvalue weighted by molar-refractivity contribution is 5.76. The number of rotatable bonds is 5. The van der Waals surface area contributed by atoms with Crippen molar-refractivity contribution in [1.82, 2.24) is 19.7 Å². The number of nitrogens with zero attached hydrogens (tertiary/aromatic N) is 4. The van der Waals surface area contributed by atoms with Gasteiger partial charge in [0.1, 0.15) is 0 Å². The molecule has 1 fully saturated rings. The topological polar surface area (TPSA) is 121 Å². The minimum atomic E-state index is -1.18. The molecule has 1 aliphatic rings. The summed E-state index contributed by atoms with van der Waals surface area (Å²) in [6, 6.07) is 2.91. The predicted octanol–water partition coefficient (Wildman–Crippen LogP) is 4.31. The Hall–Kier alpha value is -3.17. The number of amides is 1. The van der Waals surface area contributed by atoms with Gasteiger partial charge in [0.15, 0.2) is 17.5 Å². The molecule has 3 N–H and O–H groups in total. The van der Waals surface area contributed by atoms with Gasteiger partial charge in [0.2, 0.25) is 0 Å². The minimum Gasteiger partial charge on any atom is -0.481 e. The fourth-order valence-corrected chi connectivity index (χ4v) is 4.63. The van der Waals surface area contributed by atoms with Gasteiger partial charge in [-0.25, -0.2) is 14.2 Å². The summed E-state index contributed by atoms with van der Waals surface area (Å²) in [4.78, 5) is 29.3. The van der Waals surface area contributed by atoms with Crippen LogP contribution in [0.5, 0.6) is 0 Å². The second kappa shape index (κ2) is 8.64. The van der Waals surface area contributed by atoms with Gasteiger partial charge in [-0.15, -0.1) is 0 Å². The van der Waals surface area contributed by atoms with Crippen LogP contribution in [0.3, 0.4) is 0 Å². The van der Waals surface area contributed by atoms with Crippen molar-refractivity contribution in [3.05, 3.63) is 34.9 Å². The molecule has 2 aromatic rings. The smallest absolute Gasteiger partial charge is 0.407 e. The Bertz CT molecular complexity index is 1080. The lowest BCUT2D eigenvalue weighted by atomic mass is 9.72. The molecule has 180 valence electrons. The Morgan fingerprint density at radius 2 is 1.94 bits per heavy atom. The van der Waals surface area contributed by atoms with E-state index in [4.69, 9.17) is 0 Å². The number of pyridine rings is 1. The van der Waals surface area contributed by atoms with Crippen molar-refractivity contribution in [2.75, 3.05) is 11.9 Å². The van der Waals surface area contributed by atoms with Crippen molar-refractivity contribution >= 4 is 23.7 Å². The van der Waals surface area contributed by atoms with Crippen LogP contribution < -0.4 is 5.32 Å². The molecule has 1 unspecified atom stereocenters. The van der Waals surface area contributed by atoms with Crippen LogP contribution in [-0.4, -0.2) is 54.5 Å². The maximum absolute atomic E-state index is 14.9. The molecule has 0 spiro atoms. The van der Waals surface area contributed by atoms with Crippen molar-refractivity contribution in [2.45, 2.75) is 72.4 Å². The van der Waals surface area contributed by atoms with Crippen molar-refractivity contribution in [1.29, 1.82) is 0 Å². The number of halogens is 1. The van der Waals surface area contributed by atoms with E-state index in [2.05, 4.69) is 15.4 Å². The maximum Gasteiger partial charge on any atom is 0.407 e. The van der Waals surface area contributed by atoms with E-state index in [-0.39, 0.29) is 37.2 Å². The molecule has 1 saturated heterocycles. The Balaban J connectivity index is 1.91. The van der Waals surface area contributed by atoms with E-state index >= 15 is 0 Å². The number of aryl methyl sites for hydroxylation is 2. The lowest BCUT2D eigenvalue weighted by molar-refractivity contribution is -0.153. The van der Waals surface area contributed by atoms with E-state index < -0.39 is 29.3 Å². The SMILES string of the molecule is Cc1cc(CC2(C(=O)O)CCN(C(=O)O)[C@H](C)C2)nc(Nc2cc(C)n(C(C)(C)C)n2)c1F. The summed E-state index contributed by atoms with van der Waals surface area (Å²) in [7, 11) is 0. The number of hydrogen-bond donors (Lipinski definition) is 3. The van der Waals surface area contributed by atoms with Crippen molar-refractivity contribution in [3.8, 4) is 0 Å². The molecule has 1 aliphatic heterocycles. The molecule has 10 heteroatoms. The highest BCUT2D eigenvalue weighted by Gasteiger charge is 2.46. The number of carboxylic acid groups (broad SMARTS) is 2. The highest BCUT2D eigenvalue weighted by atomic mass is 19.1. The minimum absolute atomic E-state index is 0.0138. The number of piperidine rings is 1. The van der Waals surface area contributed by atoms with E-state index in [1.807, 2.05) is 32.4 Å². The van der Waals surface area contributed by atoms with Gasteiger partial charge < -0.3 is 20.4 Å². The summed E-state index contributed by atoms with van der Waals surface area (Å²) in [5.74, 6) is -1.10. The quantitative estimate of drug-likeness (QED) is 0.607. The fraction of sp³-hybridized carbons (Fsp3) is 0.565. The van der Waals surface area contributed by atoms with Gasteiger partial charge in [-0.05, 0) is 66.0 Å². The van der Waals surface area contributed by atoms with Crippen molar-refractivity contribution < 1.29 is 24.2 Å². The molecule has 0 radical (unpaired) electrons. The average molecular weight is 462 g/mol. The Morgan fingerprint density at radius 3 is 2.45 bits per heavy atom. The molecule has 3 heterocycles. The third kappa shape index (κ3) is 4.94. The number of aromatic nitrogens is 3. The normalized spacial score (nSPS) is 21.2. The molecule has 0 bridgehead atoms. The molecule has 33 heavy (non-hydrogen) atoms. The first kappa shape index (κ1) is 24.5. The summed E-state index contributed by atoms with van der Waals surface area (Å²) < 4.78 is 16.7. The molecular weight excluding hydrogens is 429 g/mol. The number of likely N-dealkylation sites (tertiary alicyclic amines) is 1. The Labute approximate surface area is 192 Å². The van der Waals surface area contributed by atoms with Crippen LogP contribution in [0.1, 0.15) is 57.5 Å². The average Bonchev–Trinajstić information content (AvgIpc) is 3.06. The maximum atomic E-state index is 14.9. The monoisotopic (exact) mass is 461 g/mol. The lowest BCUT2D eigenvalue weighted by Crippen LogP contribution is -2.51. The molecule has 0 aromatic carbocycles. The molecule has 2 aromatic heterocycles. The van der Waals surface area contributed by atoms with E-state index in [1.54, 1.807) is 26.0 Å². The molecule has 1 amide bonds. The van der Waals surface area contributed by atoms with Gasteiger partial charge in [0.25, 0.3) is 0 Å². The Morgan fingerprint density at radius 1 is 1.27 bits per heavy atom. The number of aliphatic carboxylic acids is 1. The molecule has 9 nitrogen and oxygen atoms in total. The number of anilines is 2. The summed E-state index contributed by atoms with van der Waals surface area (Å²) in [5, 5.41) is 26.8. The zero-order chi connectivity index (χ0) is 24.7. The largest absolute Gasteiger partial charge is 0.481 e. The first-order valence-electron chi connectivity index (χ1n) is 11.0. The van der Waals surface area contributed by atoms with Gasteiger partial charge in [0, 0.05) is 36.5 Å². The number of hydrogen-bond acceptors (Lipinski definition) is 5. The number of carbonyl (C=O) groups is 2. The fourth-order valence-electron chi connectivity index (χ4n) is 4.63. The van der Waals surface area contributed by atoms with Crippen LogP contribution in [0.15, 0.2) is 12.1 Å². The molecular formula is C23H32FN5O4. The van der Waals surface area contributed by atoms with Gasteiger partial charge in [0.05, 0.1) is 11.0 Å². The first-order chi connectivity index (χ1) is 15.2. The second-order valence-electron chi connectivity index (χ2n) is 10.0. The Kier molecular flexibility index (Phi) is 6.41. The van der Waals surface area contributed by atoms with E-state index in [1.165, 1.54) is 4.90 Å². The summed E-state index contributed by atoms with van der Waals surface area (Å²) in [6.45, 7) is 11.4. The van der Waals surface area contributed by atoms with Gasteiger partial charge in [-0.1, -0.05) is 0 Å². The second-order valence-corrected chi connectivity index (χ2v) is 10.0. The third-order valence-electron chi connectivity index (χ3n) is 6.23.